The summed E-state index contributed by atoms with van der Waals surface area (Å²) < 4.78 is 0. The van der Waals surface area contributed by atoms with Gasteiger partial charge in [0.25, 0.3) is 5.91 Å². The van der Waals surface area contributed by atoms with Crippen molar-refractivity contribution in [2.75, 3.05) is 11.5 Å². The first-order chi connectivity index (χ1) is 13.5. The van der Waals surface area contributed by atoms with Crippen molar-refractivity contribution in [3.8, 4) is 0 Å². The number of nitrogens with one attached hydrogen (secondary N) is 2. The largest absolute Gasteiger partial charge is 1.00 e. The van der Waals surface area contributed by atoms with Gasteiger partial charge in [0, 0.05) is 16.4 Å². The van der Waals surface area contributed by atoms with Gasteiger partial charge in [-0.2, -0.15) is 5.10 Å². The molecular weight excluding hydrogens is 445 g/mol. The molecule has 4 rings (SSSR count). The van der Waals surface area contributed by atoms with Gasteiger partial charge in [-0.15, -0.1) is 23.1 Å². The van der Waals surface area contributed by atoms with Crippen molar-refractivity contribution in [2.24, 2.45) is 0 Å². The molecule has 2 amide bonds. The fourth-order valence-corrected chi connectivity index (χ4v) is 5.98. The summed E-state index contributed by atoms with van der Waals surface area (Å²) >= 11 is 4.26. The van der Waals surface area contributed by atoms with E-state index in [1.807, 2.05) is 17.5 Å². The number of carbonyl (C=O) groups is 3. The zero-order valence-corrected chi connectivity index (χ0v) is 19.8. The van der Waals surface area contributed by atoms with Gasteiger partial charge in [-0.3, -0.25) is 19.6 Å². The number of carboxylic acid groups (broad SMARTS) is 1. The molecule has 0 spiro atoms. The van der Waals surface area contributed by atoms with E-state index in [4.69, 9.17) is 0 Å². The first-order valence-electron chi connectivity index (χ1n) is 8.24. The Hall–Kier alpha value is -1.31. The number of aromatic nitrogens is 3. The molecule has 3 N–H and O–H groups in total. The Balaban J connectivity index is 0.00000160. The number of carboxylic acids is 1. The van der Waals surface area contributed by atoms with Crippen LogP contribution in [0.1, 0.15) is 6.30 Å². The third-order valence-corrected chi connectivity index (χ3v) is 7.44. The molecule has 2 atom stereocenters. The fourth-order valence-electron chi connectivity index (χ4n) is 3.01. The van der Waals surface area contributed by atoms with Crippen molar-refractivity contribution in [1.82, 2.24) is 25.4 Å². The van der Waals surface area contributed by atoms with Crippen LogP contribution < -0.4 is 34.9 Å². The second kappa shape index (κ2) is 9.67. The number of hydrogen-bond donors (Lipinski definition) is 3. The summed E-state index contributed by atoms with van der Waals surface area (Å²) in [6, 6.07) is 3.02. The molecule has 1 saturated heterocycles. The van der Waals surface area contributed by atoms with Crippen LogP contribution in [-0.2, 0) is 20.8 Å². The van der Waals surface area contributed by atoms with Gasteiger partial charge in [-0.25, -0.2) is 9.78 Å². The summed E-state index contributed by atoms with van der Waals surface area (Å²) in [6.07, 6.45) is 1.59. The van der Waals surface area contributed by atoms with E-state index >= 15 is 0 Å². The van der Waals surface area contributed by atoms with Crippen molar-refractivity contribution in [1.29, 1.82) is 0 Å². The van der Waals surface area contributed by atoms with E-state index in [0.29, 0.717) is 22.2 Å². The summed E-state index contributed by atoms with van der Waals surface area (Å²) in [5.41, 5.74) is 0.649. The van der Waals surface area contributed by atoms with E-state index in [2.05, 4.69) is 20.5 Å². The van der Waals surface area contributed by atoms with E-state index in [1.54, 1.807) is 0 Å². The SMILES string of the molecule is O=C(Cc1cccs1)N[C@@H]1C(=O)N2C(C(=O)O)=C(CSc3ncn[nH]3)CS[C@H]12.[H-].[Na+]. The molecule has 2 aliphatic heterocycles. The zero-order valence-electron chi connectivity index (χ0n) is 16.3. The average molecular weight is 462 g/mol. The number of aliphatic carboxylic acids is 1. The molecule has 29 heavy (non-hydrogen) atoms. The van der Waals surface area contributed by atoms with Crippen LogP contribution in [0.4, 0.5) is 0 Å². The molecule has 0 radical (unpaired) electrons. The maximum Gasteiger partial charge on any atom is 1.00 e. The molecule has 0 aliphatic carbocycles. The van der Waals surface area contributed by atoms with Crippen LogP contribution in [0.2, 0.25) is 0 Å². The third-order valence-electron chi connectivity index (χ3n) is 4.26. The number of thiophene rings is 1. The van der Waals surface area contributed by atoms with Crippen LogP contribution in [-0.4, -0.2) is 65.9 Å². The smallest absolute Gasteiger partial charge is 1.00 e. The molecule has 2 aromatic rings. The number of thioether (sulfide) groups is 2. The summed E-state index contributed by atoms with van der Waals surface area (Å²) in [6.45, 7) is 0. The molecule has 2 aromatic heterocycles. The predicted molar refractivity (Wildman–Crippen MR) is 106 cm³/mol. The van der Waals surface area contributed by atoms with Gasteiger partial charge >= 0.3 is 35.5 Å². The predicted octanol–water partition coefficient (Wildman–Crippen LogP) is -1.94. The van der Waals surface area contributed by atoms with Crippen molar-refractivity contribution < 1.29 is 50.5 Å². The van der Waals surface area contributed by atoms with Crippen molar-refractivity contribution in [3.05, 3.63) is 40.0 Å². The Kier molecular flexibility index (Phi) is 7.46. The maximum atomic E-state index is 12.6. The number of rotatable bonds is 7. The number of nitrogens with zero attached hydrogens (tertiary/aromatic N) is 3. The second-order valence-electron chi connectivity index (χ2n) is 6.05. The normalized spacial score (nSPS) is 20.6. The Bertz CT molecular complexity index is 941. The summed E-state index contributed by atoms with van der Waals surface area (Å²) in [5.74, 6) is -0.926. The Morgan fingerprint density at radius 2 is 2.31 bits per heavy atom. The summed E-state index contributed by atoms with van der Waals surface area (Å²) in [5, 5.41) is 20.9. The number of H-pyrrole nitrogens is 1. The van der Waals surface area contributed by atoms with Crippen LogP contribution in [0.5, 0.6) is 0 Å². The molecule has 9 nitrogen and oxygen atoms in total. The second-order valence-corrected chi connectivity index (χ2v) is 9.15. The van der Waals surface area contributed by atoms with Crippen molar-refractivity contribution >= 4 is 52.6 Å². The van der Waals surface area contributed by atoms with Crippen LogP contribution in [0, 0.1) is 0 Å². The van der Waals surface area contributed by atoms with Gasteiger partial charge in [-0.05, 0) is 17.0 Å². The monoisotopic (exact) mass is 461 g/mol. The van der Waals surface area contributed by atoms with Gasteiger partial charge < -0.3 is 11.8 Å². The molecule has 0 saturated carbocycles. The molecule has 0 unspecified atom stereocenters. The van der Waals surface area contributed by atoms with Crippen LogP contribution >= 0.6 is 34.9 Å². The average Bonchev–Trinajstić information content (AvgIpc) is 3.37. The Morgan fingerprint density at radius 3 is 2.97 bits per heavy atom. The van der Waals surface area contributed by atoms with Gasteiger partial charge in [0.15, 0.2) is 5.16 Å². The third kappa shape index (κ3) is 4.72. The molecule has 1 fully saturated rings. The van der Waals surface area contributed by atoms with Crippen LogP contribution in [0.3, 0.4) is 0 Å². The minimum absolute atomic E-state index is 0. The van der Waals surface area contributed by atoms with E-state index in [0.717, 1.165) is 4.88 Å². The van der Waals surface area contributed by atoms with Crippen molar-refractivity contribution in [3.63, 3.8) is 0 Å². The van der Waals surface area contributed by atoms with Gasteiger partial charge in [-0.1, -0.05) is 17.8 Å². The van der Waals surface area contributed by atoms with E-state index < -0.39 is 23.3 Å². The van der Waals surface area contributed by atoms with Crippen LogP contribution in [0.25, 0.3) is 0 Å². The van der Waals surface area contributed by atoms with Gasteiger partial charge in [0.05, 0.1) is 6.42 Å². The van der Waals surface area contributed by atoms with Crippen LogP contribution in [0.15, 0.2) is 40.3 Å². The topological polar surface area (TPSA) is 128 Å². The van der Waals surface area contributed by atoms with Crippen molar-refractivity contribution in [2.45, 2.75) is 23.0 Å². The molecule has 148 valence electrons. The number of carbonyl (C=O) groups excluding carboxylic acids is 2. The minimum atomic E-state index is -1.14. The van der Waals surface area contributed by atoms with Gasteiger partial charge in [0.2, 0.25) is 5.91 Å². The Morgan fingerprint density at radius 1 is 1.48 bits per heavy atom. The minimum Gasteiger partial charge on any atom is -1.00 e. The summed E-state index contributed by atoms with van der Waals surface area (Å²) in [4.78, 5) is 42.8. The standard InChI is InChI=1S/C16H15N5O4S3.Na.H/c22-10(4-9-2-1-3-26-9)19-11-13(23)21-12(15(24)25)8(5-27-14(11)21)6-28-16-17-7-18-20-16;;/h1-3,7,11,14H,4-6H2,(H,19,22)(H,24,25)(H,17,18,20);;/q;+1;-1/t11-,14-;;/m1../s1. The zero-order chi connectivity index (χ0) is 19.7. The van der Waals surface area contributed by atoms with Gasteiger partial charge in [0.1, 0.15) is 23.4 Å². The molecule has 4 heterocycles. The Labute approximate surface area is 201 Å². The fraction of sp³-hybridized carbons (Fsp3) is 0.312. The molecular formula is C16H16N5NaO4S3. The maximum absolute atomic E-state index is 12.6. The quantitative estimate of drug-likeness (QED) is 0.247. The first kappa shape index (κ1) is 22.4. The number of β-lactam (4-membered cyclic amide) rings is 1. The number of fused-ring (bicyclic) bond motifs is 1. The number of aromatic amines is 1. The summed E-state index contributed by atoms with van der Waals surface area (Å²) in [7, 11) is 0. The van der Waals surface area contributed by atoms with E-state index in [9.17, 15) is 19.5 Å². The molecule has 2 aliphatic rings. The van der Waals surface area contributed by atoms with E-state index in [-0.39, 0.29) is 49.0 Å². The molecule has 0 aromatic carbocycles. The first-order valence-corrected chi connectivity index (χ1v) is 11.2. The number of hydrogen-bond acceptors (Lipinski definition) is 8. The number of amides is 2. The van der Waals surface area contributed by atoms with E-state index in [1.165, 1.54) is 46.1 Å². The molecule has 0 bridgehead atoms. The molecule has 13 heteroatoms.